The van der Waals surface area contributed by atoms with Crippen molar-refractivity contribution in [2.45, 2.75) is 19.3 Å². The van der Waals surface area contributed by atoms with E-state index in [1.54, 1.807) is 0 Å². The van der Waals surface area contributed by atoms with Gasteiger partial charge in [-0.05, 0) is 44.3 Å². The maximum atomic E-state index is 13.5. The summed E-state index contributed by atoms with van der Waals surface area (Å²) in [4.78, 5) is 9.85. The summed E-state index contributed by atoms with van der Waals surface area (Å²) in [6.45, 7) is 2.49. The second-order valence-electron chi connectivity index (χ2n) is 4.70. The van der Waals surface area contributed by atoms with E-state index in [0.717, 1.165) is 38.4 Å². The van der Waals surface area contributed by atoms with E-state index in [0.29, 0.717) is 12.5 Å². The van der Waals surface area contributed by atoms with Gasteiger partial charge in [0, 0.05) is 6.07 Å². The quantitative estimate of drug-likeness (QED) is 0.658. The van der Waals surface area contributed by atoms with Crippen LogP contribution < -0.4 is 10.1 Å². The average Bonchev–Trinajstić information content (AvgIpc) is 2.41. The van der Waals surface area contributed by atoms with Gasteiger partial charge in [0.25, 0.3) is 5.69 Å². The van der Waals surface area contributed by atoms with Gasteiger partial charge in [0.05, 0.1) is 17.6 Å². The normalized spacial score (nSPS) is 16.3. The van der Waals surface area contributed by atoms with Crippen LogP contribution in [-0.2, 0) is 0 Å². The fourth-order valence-electron chi connectivity index (χ4n) is 2.23. The minimum atomic E-state index is -0.681. The van der Waals surface area contributed by atoms with Crippen molar-refractivity contribution < 1.29 is 14.1 Å². The molecular formula is C13H17FN2O3. The van der Waals surface area contributed by atoms with E-state index >= 15 is 0 Å². The second-order valence-corrected chi connectivity index (χ2v) is 4.70. The summed E-state index contributed by atoms with van der Waals surface area (Å²) in [5.74, 6) is 0.0152. The van der Waals surface area contributed by atoms with Crippen molar-refractivity contribution in [1.29, 1.82) is 0 Å². The maximum absolute atomic E-state index is 13.5. The third kappa shape index (κ3) is 3.89. The molecule has 5 nitrogen and oxygen atoms in total. The minimum absolute atomic E-state index is 0.0829. The maximum Gasteiger partial charge on any atom is 0.272 e. The summed E-state index contributed by atoms with van der Waals surface area (Å²) in [6, 6.07) is 3.46. The number of nitrogens with zero attached hydrogens (tertiary/aromatic N) is 1. The van der Waals surface area contributed by atoms with Crippen LogP contribution in [-0.4, -0.2) is 24.6 Å². The molecule has 1 N–H and O–H groups in total. The second kappa shape index (κ2) is 6.47. The largest absolute Gasteiger partial charge is 0.491 e. The number of hydrogen-bond donors (Lipinski definition) is 1. The average molecular weight is 268 g/mol. The van der Waals surface area contributed by atoms with Gasteiger partial charge in [-0.25, -0.2) is 4.39 Å². The Morgan fingerprint density at radius 3 is 2.79 bits per heavy atom. The Labute approximate surface area is 110 Å². The predicted octanol–water partition coefficient (Wildman–Crippen LogP) is 2.50. The number of rotatable bonds is 5. The molecule has 1 saturated heterocycles. The molecule has 0 amide bonds. The third-order valence-corrected chi connectivity index (χ3v) is 3.37. The first-order valence-electron chi connectivity index (χ1n) is 6.44. The molecule has 1 aliphatic rings. The molecule has 6 heteroatoms. The molecule has 2 rings (SSSR count). The summed E-state index contributed by atoms with van der Waals surface area (Å²) in [5, 5.41) is 13.8. The van der Waals surface area contributed by atoms with Crippen LogP contribution in [0.25, 0.3) is 0 Å². The topological polar surface area (TPSA) is 64.4 Å². The lowest BCUT2D eigenvalue weighted by atomic mass is 9.95. The van der Waals surface area contributed by atoms with Crippen molar-refractivity contribution in [3.8, 4) is 5.75 Å². The first-order valence-corrected chi connectivity index (χ1v) is 6.44. The molecule has 19 heavy (non-hydrogen) atoms. The van der Waals surface area contributed by atoms with E-state index in [1.165, 1.54) is 12.1 Å². The molecular weight excluding hydrogens is 251 g/mol. The van der Waals surface area contributed by atoms with E-state index in [1.807, 2.05) is 0 Å². The molecule has 0 aliphatic carbocycles. The lowest BCUT2D eigenvalue weighted by Crippen LogP contribution is -2.28. The first-order chi connectivity index (χ1) is 9.16. The van der Waals surface area contributed by atoms with E-state index in [4.69, 9.17) is 4.74 Å². The van der Waals surface area contributed by atoms with Crippen molar-refractivity contribution in [3.63, 3.8) is 0 Å². The van der Waals surface area contributed by atoms with Gasteiger partial charge in [0.1, 0.15) is 0 Å². The highest BCUT2D eigenvalue weighted by atomic mass is 19.1. The molecule has 1 aromatic rings. The SMILES string of the molecule is O=[N+]([O-])c1ccc(OCCC2CCNCC2)c(F)c1. The Hall–Kier alpha value is -1.69. The van der Waals surface area contributed by atoms with Crippen molar-refractivity contribution >= 4 is 5.69 Å². The zero-order valence-electron chi connectivity index (χ0n) is 10.6. The van der Waals surface area contributed by atoms with Gasteiger partial charge in [-0.15, -0.1) is 0 Å². The van der Waals surface area contributed by atoms with Crippen LogP contribution in [0.3, 0.4) is 0 Å². The van der Waals surface area contributed by atoms with Crippen molar-refractivity contribution in [3.05, 3.63) is 34.1 Å². The van der Waals surface area contributed by atoms with Gasteiger partial charge in [0.2, 0.25) is 0 Å². The lowest BCUT2D eigenvalue weighted by Gasteiger charge is -2.22. The zero-order chi connectivity index (χ0) is 13.7. The molecule has 0 aromatic heterocycles. The highest BCUT2D eigenvalue weighted by Crippen LogP contribution is 2.23. The molecule has 0 radical (unpaired) electrons. The van der Waals surface area contributed by atoms with E-state index in [2.05, 4.69) is 5.32 Å². The Morgan fingerprint density at radius 2 is 2.16 bits per heavy atom. The summed E-state index contributed by atoms with van der Waals surface area (Å²) >= 11 is 0. The third-order valence-electron chi connectivity index (χ3n) is 3.37. The summed E-state index contributed by atoms with van der Waals surface area (Å²) in [7, 11) is 0. The number of nitro benzene ring substituents is 1. The number of piperidine rings is 1. The fraction of sp³-hybridized carbons (Fsp3) is 0.538. The molecule has 1 fully saturated rings. The minimum Gasteiger partial charge on any atom is -0.491 e. The van der Waals surface area contributed by atoms with Crippen molar-refractivity contribution in [2.24, 2.45) is 5.92 Å². The lowest BCUT2D eigenvalue weighted by molar-refractivity contribution is -0.385. The van der Waals surface area contributed by atoms with Crippen LogP contribution in [0, 0.1) is 21.8 Å². The Morgan fingerprint density at radius 1 is 1.42 bits per heavy atom. The standard InChI is InChI=1S/C13H17FN2O3/c14-12-9-11(16(17)18)1-2-13(12)19-8-5-10-3-6-15-7-4-10/h1-2,9-10,15H,3-8H2. The fourth-order valence-corrected chi connectivity index (χ4v) is 2.23. The number of nitro groups is 1. The van der Waals surface area contributed by atoms with Crippen LogP contribution in [0.15, 0.2) is 18.2 Å². The number of benzene rings is 1. The number of hydrogen-bond acceptors (Lipinski definition) is 4. The summed E-state index contributed by atoms with van der Waals surface area (Å²) in [5.41, 5.74) is -0.261. The van der Waals surface area contributed by atoms with Gasteiger partial charge in [0.15, 0.2) is 11.6 Å². The van der Waals surface area contributed by atoms with Crippen LogP contribution in [0.2, 0.25) is 0 Å². The van der Waals surface area contributed by atoms with Crippen LogP contribution in [0.1, 0.15) is 19.3 Å². The number of ether oxygens (including phenoxy) is 1. The molecule has 1 heterocycles. The highest BCUT2D eigenvalue weighted by molar-refractivity contribution is 5.37. The number of halogens is 1. The molecule has 104 valence electrons. The van der Waals surface area contributed by atoms with Gasteiger partial charge < -0.3 is 10.1 Å². The molecule has 0 unspecified atom stereocenters. The van der Waals surface area contributed by atoms with Gasteiger partial charge in [-0.1, -0.05) is 0 Å². The molecule has 0 atom stereocenters. The molecule has 0 saturated carbocycles. The molecule has 1 aromatic carbocycles. The van der Waals surface area contributed by atoms with Crippen LogP contribution >= 0.6 is 0 Å². The van der Waals surface area contributed by atoms with Crippen molar-refractivity contribution in [2.75, 3.05) is 19.7 Å². The van der Waals surface area contributed by atoms with Gasteiger partial charge in [-0.2, -0.15) is 0 Å². The first kappa shape index (κ1) is 13.7. The monoisotopic (exact) mass is 268 g/mol. The highest BCUT2D eigenvalue weighted by Gasteiger charge is 2.14. The smallest absolute Gasteiger partial charge is 0.272 e. The molecule has 1 aliphatic heterocycles. The zero-order valence-corrected chi connectivity index (χ0v) is 10.6. The Kier molecular flexibility index (Phi) is 4.68. The molecule has 0 spiro atoms. The van der Waals surface area contributed by atoms with Gasteiger partial charge in [-0.3, -0.25) is 10.1 Å². The van der Waals surface area contributed by atoms with E-state index in [9.17, 15) is 14.5 Å². The van der Waals surface area contributed by atoms with Gasteiger partial charge >= 0.3 is 0 Å². The van der Waals surface area contributed by atoms with Crippen molar-refractivity contribution in [1.82, 2.24) is 5.32 Å². The predicted molar refractivity (Wildman–Crippen MR) is 68.8 cm³/mol. The molecule has 0 bridgehead atoms. The van der Waals surface area contributed by atoms with Crippen LogP contribution in [0.4, 0.5) is 10.1 Å². The number of nitrogens with one attached hydrogen (secondary N) is 1. The van der Waals surface area contributed by atoms with E-state index in [-0.39, 0.29) is 11.4 Å². The van der Waals surface area contributed by atoms with Crippen LogP contribution in [0.5, 0.6) is 5.75 Å². The summed E-state index contributed by atoms with van der Waals surface area (Å²) < 4.78 is 18.9. The van der Waals surface area contributed by atoms with E-state index < -0.39 is 10.7 Å². The number of non-ortho nitro benzene ring substituents is 1. The summed E-state index contributed by atoms with van der Waals surface area (Å²) in [6.07, 6.45) is 3.12. The Balaban J connectivity index is 1.83. The Bertz CT molecular complexity index is 448.